The molecule has 15 aromatic rings. The first-order valence-electron chi connectivity index (χ1n) is 37.1. The maximum atomic E-state index is 10.9. The summed E-state index contributed by atoms with van der Waals surface area (Å²) in [6.07, 6.45) is 1.66. The number of rotatable bonds is 16. The highest BCUT2D eigenvalue weighted by Crippen LogP contribution is 2.42. The summed E-state index contributed by atoms with van der Waals surface area (Å²) in [6, 6.07) is 60.3. The maximum Gasteiger partial charge on any atom is 0.499 e. The molecule has 610 valence electrons. The summed E-state index contributed by atoms with van der Waals surface area (Å²) in [5.41, 5.74) is 12.6. The van der Waals surface area contributed by atoms with Gasteiger partial charge in [0.25, 0.3) is 11.4 Å². The molecule has 7 aromatic carbocycles. The highest BCUT2D eigenvalue weighted by atomic mass is 79.9. The van der Waals surface area contributed by atoms with E-state index in [0.29, 0.717) is 35.7 Å². The number of halogens is 4. The number of methoxy groups -OCH3 is 2. The van der Waals surface area contributed by atoms with E-state index in [1.807, 2.05) is 123 Å². The molecule has 0 radical (unpaired) electrons. The van der Waals surface area contributed by atoms with Crippen molar-refractivity contribution in [3.63, 3.8) is 0 Å². The van der Waals surface area contributed by atoms with Crippen LogP contribution in [0.5, 0.6) is 11.5 Å². The minimum Gasteiger partial charge on any atom is -0.497 e. The zero-order chi connectivity index (χ0) is 84.5. The second-order valence-corrected chi connectivity index (χ2v) is 39.0. The molecule has 30 heteroatoms. The second kappa shape index (κ2) is 42.8. The number of H-pyrrole nitrogens is 1. The van der Waals surface area contributed by atoms with Crippen molar-refractivity contribution >= 4 is 223 Å². The Morgan fingerprint density at radius 1 is 0.491 bits per heavy atom. The number of aromatic nitrogens is 3. The van der Waals surface area contributed by atoms with Crippen molar-refractivity contribution in [3.8, 4) is 21.9 Å². The lowest BCUT2D eigenvalue weighted by Gasteiger charge is -2.32. The van der Waals surface area contributed by atoms with Gasteiger partial charge < -0.3 is 56.5 Å². The van der Waals surface area contributed by atoms with Crippen LogP contribution in [-0.2, 0) is 49.7 Å². The van der Waals surface area contributed by atoms with E-state index in [-0.39, 0.29) is 39.5 Å². The van der Waals surface area contributed by atoms with Crippen LogP contribution in [0, 0.1) is 61.8 Å². The lowest BCUT2D eigenvalue weighted by Crippen LogP contribution is -2.41. The van der Waals surface area contributed by atoms with Gasteiger partial charge in [0.1, 0.15) is 11.5 Å². The van der Waals surface area contributed by atoms with Crippen LogP contribution < -0.4 is 14.3 Å². The van der Waals surface area contributed by atoms with E-state index in [9.17, 15) is 20.2 Å². The van der Waals surface area contributed by atoms with E-state index >= 15 is 0 Å². The Morgan fingerprint density at radius 3 is 1.47 bits per heavy atom. The van der Waals surface area contributed by atoms with Crippen LogP contribution in [0.3, 0.4) is 0 Å². The van der Waals surface area contributed by atoms with Crippen LogP contribution >= 0.6 is 129 Å². The molecule has 1 fully saturated rings. The standard InChI is InChI=1S/C20H19NOS.C14H21BO3.C12H10BrNS.C11H8BrNO2S.C11H8BrNS.C7H6BrNO2.C6H15O3P.C5H7BO2S/c1-13-9-19-20(23-13)17-8-7-15(12-18(17)21(19)2)10-14-5-4-6-16(11-14)22-3;1-13(2)14(3,4)18-15(17-13)10-11-7-6-8-12(9-11)16-5;1-7-5-11-12(15-7)9-4-3-8(13)6-10(9)14(11)2;1-7-2-5-11(16-7)9-4-3-8(12)6-10(9)13(14)15;1-6-4-10-11(14-6)8-3-2-7(12)5-9(8)13-10;1-5-2-3-6(8)4-7(5)9(10)11;1-4-7-10(8-5-2)9-6-3;1-4-2-3-5(9-4)6(7)8/h4-9,11-12H,10H2,1-3H3;6-9H,10H2,1-5H3;3-6H,1-2H3;2-6H,1H3;2-5,13H,1H3;2-4H,1H3;4-6H2,1-3H3;2-3,7-8H,1H3. The largest absolute Gasteiger partial charge is 0.499 e. The van der Waals surface area contributed by atoms with E-state index in [1.54, 1.807) is 56.7 Å². The van der Waals surface area contributed by atoms with Gasteiger partial charge in [-0.05, 0) is 222 Å². The SMILES string of the molecule is CCOP(OCC)OCC.COc1cccc(CB2OC(C)(C)C(C)(C)O2)c1.COc1cccc(Cc2ccc3c4sc(C)cc4n(C)c3c2)c1.Cc1cc2[nH]c3cc(Br)ccc3c2s1.Cc1cc2c(s1)c1ccc(Br)cc1n2C.Cc1ccc(-c2ccc(Br)cc2[N+](=O)[O-])s1.Cc1ccc(B(O)O)s1.Cc1ccc(Br)cc1[N+](=O)[O-]. The molecule has 9 heterocycles. The van der Waals surface area contributed by atoms with Crippen LogP contribution in [-0.4, -0.2) is 93.5 Å². The van der Waals surface area contributed by atoms with Crippen LogP contribution in [0.1, 0.15) is 95.1 Å². The Hall–Kier alpha value is -6.96. The Balaban J connectivity index is 0.000000154. The number of nitro benzene ring substituents is 2. The quantitative estimate of drug-likeness (QED) is 0.0355. The molecule has 16 rings (SSSR count). The predicted molar refractivity (Wildman–Crippen MR) is 504 cm³/mol. The minimum absolute atomic E-state index is 0.135. The van der Waals surface area contributed by atoms with Gasteiger partial charge in [0, 0.05) is 117 Å². The molecular formula is C86H94B2Br4N5O13PS5. The van der Waals surface area contributed by atoms with E-state index in [1.165, 1.54) is 113 Å². The fraction of sp³-hybridized carbons (Fsp3) is 0.279. The van der Waals surface area contributed by atoms with Crippen LogP contribution in [0.2, 0.25) is 0 Å². The van der Waals surface area contributed by atoms with E-state index in [4.69, 9.17) is 42.4 Å². The number of aryl methyl sites for hydroxylation is 8. The van der Waals surface area contributed by atoms with Crippen molar-refractivity contribution in [1.82, 2.24) is 14.1 Å². The van der Waals surface area contributed by atoms with Gasteiger partial charge in [0.05, 0.1) is 96.8 Å². The molecule has 116 heavy (non-hydrogen) atoms. The molecule has 0 saturated carbocycles. The Morgan fingerprint density at radius 2 is 0.957 bits per heavy atom. The predicted octanol–water partition coefficient (Wildman–Crippen LogP) is 26.2. The lowest BCUT2D eigenvalue weighted by molar-refractivity contribution is -0.385. The molecule has 8 aromatic heterocycles. The molecule has 0 atom stereocenters. The maximum absolute atomic E-state index is 10.9. The van der Waals surface area contributed by atoms with Gasteiger partial charge in [0.15, 0.2) is 0 Å². The smallest absolute Gasteiger partial charge is 0.497 e. The Kier molecular flexibility index (Phi) is 34.3. The number of aromatic amines is 1. The zero-order valence-corrected chi connectivity index (χ0v) is 79.0. The Labute approximate surface area is 733 Å². The first kappa shape index (κ1) is 92.9. The average Bonchev–Trinajstić information content (AvgIpc) is 1.61. The fourth-order valence-electron chi connectivity index (χ4n) is 12.3. The first-order chi connectivity index (χ1) is 55.1. The molecular weight excluding hydrogens is 1840 g/mol. The number of hydrogen-bond donors (Lipinski definition) is 3. The summed E-state index contributed by atoms with van der Waals surface area (Å²) in [4.78, 5) is 31.3. The number of hydrogen-bond acceptors (Lipinski definition) is 18. The third kappa shape index (κ3) is 24.9. The van der Waals surface area contributed by atoms with Gasteiger partial charge in [-0.1, -0.05) is 124 Å². The molecule has 0 unspecified atom stereocenters. The summed E-state index contributed by atoms with van der Waals surface area (Å²) < 4.78 is 51.0. The van der Waals surface area contributed by atoms with Crippen molar-refractivity contribution in [1.29, 1.82) is 0 Å². The molecule has 18 nitrogen and oxygen atoms in total. The fourth-order valence-corrected chi connectivity index (χ4v) is 19.4. The summed E-state index contributed by atoms with van der Waals surface area (Å²) in [6.45, 7) is 28.1. The molecule has 1 aliphatic rings. The third-order valence-electron chi connectivity index (χ3n) is 18.6. The van der Waals surface area contributed by atoms with Crippen LogP contribution in [0.4, 0.5) is 11.4 Å². The summed E-state index contributed by atoms with van der Waals surface area (Å²) in [5, 5.41) is 42.5. The van der Waals surface area contributed by atoms with Gasteiger partial charge >= 0.3 is 22.8 Å². The van der Waals surface area contributed by atoms with Gasteiger partial charge in [0.2, 0.25) is 0 Å². The van der Waals surface area contributed by atoms with Crippen molar-refractivity contribution in [2.24, 2.45) is 14.1 Å². The first-order valence-corrected chi connectivity index (χ1v) is 45.4. The average molecular weight is 1940 g/mol. The van der Waals surface area contributed by atoms with Crippen molar-refractivity contribution in [2.75, 3.05) is 34.0 Å². The van der Waals surface area contributed by atoms with Crippen LogP contribution in [0.25, 0.3) is 73.8 Å². The third-order valence-corrected chi connectivity index (χ3v) is 27.3. The normalized spacial score (nSPS) is 12.5. The molecule has 0 bridgehead atoms. The van der Waals surface area contributed by atoms with Crippen molar-refractivity contribution in [2.45, 2.75) is 114 Å². The number of nitrogens with zero attached hydrogens (tertiary/aromatic N) is 4. The van der Waals surface area contributed by atoms with Gasteiger partial charge in [-0.25, -0.2) is 0 Å². The second-order valence-electron chi connectivity index (χ2n) is 27.8. The topological polar surface area (TPSA) is 217 Å². The number of nitrogens with one attached hydrogen (secondary N) is 1. The molecule has 3 N–H and O–H groups in total. The van der Waals surface area contributed by atoms with E-state index in [2.05, 4.69) is 231 Å². The number of fused-ring (bicyclic) bond motifs is 9. The molecule has 1 aliphatic heterocycles. The highest BCUT2D eigenvalue weighted by Gasteiger charge is 2.50. The van der Waals surface area contributed by atoms with Gasteiger partial charge in [-0.15, -0.1) is 56.7 Å². The van der Waals surface area contributed by atoms with E-state index in [0.717, 1.165) is 62.3 Å². The molecule has 0 spiro atoms. The highest BCUT2D eigenvalue weighted by molar-refractivity contribution is 9.11. The summed E-state index contributed by atoms with van der Waals surface area (Å²) >= 11 is 21.9. The number of ether oxygens (including phenoxy) is 2. The summed E-state index contributed by atoms with van der Waals surface area (Å²) in [5.74, 6) is 1.78. The number of nitro groups is 2. The summed E-state index contributed by atoms with van der Waals surface area (Å²) in [7, 11) is 5.12. The monoisotopic (exact) mass is 1930 g/mol. The zero-order valence-electron chi connectivity index (χ0n) is 67.7. The molecule has 0 amide bonds. The van der Waals surface area contributed by atoms with Crippen molar-refractivity contribution in [3.05, 3.63) is 267 Å². The molecule has 1 saturated heterocycles. The van der Waals surface area contributed by atoms with Gasteiger partial charge in [-0.3, -0.25) is 20.2 Å². The lowest BCUT2D eigenvalue weighted by atomic mass is 9.81. The van der Waals surface area contributed by atoms with E-state index < -0.39 is 15.7 Å². The van der Waals surface area contributed by atoms with Crippen LogP contribution in [0.15, 0.2) is 200 Å². The molecule has 0 aliphatic carbocycles. The minimum atomic E-state index is -1.30. The Bertz CT molecular complexity index is 5800. The number of benzene rings is 7. The van der Waals surface area contributed by atoms with Gasteiger partial charge in [-0.2, -0.15) is 0 Å². The van der Waals surface area contributed by atoms with Crippen molar-refractivity contribution < 1.29 is 52.2 Å². The number of thiophene rings is 5.